The maximum Gasteiger partial charge on any atom is 0.136 e. The molecule has 0 aromatic heterocycles. The Kier molecular flexibility index (Phi) is 7.34. The predicted molar refractivity (Wildman–Crippen MR) is 137 cm³/mol. The van der Waals surface area contributed by atoms with Gasteiger partial charge in [-0.25, -0.2) is 8.78 Å². The van der Waals surface area contributed by atoms with Gasteiger partial charge in [-0.3, -0.25) is 4.79 Å². The number of rotatable bonds is 6. The van der Waals surface area contributed by atoms with Crippen LogP contribution in [0.3, 0.4) is 0 Å². The van der Waals surface area contributed by atoms with Crippen molar-refractivity contribution >= 4 is 5.78 Å². The van der Waals surface area contributed by atoms with Gasteiger partial charge in [-0.15, -0.1) is 0 Å². The second-order valence-electron chi connectivity index (χ2n) is 13.4. The molecule has 0 bridgehead atoms. The number of hydrogen-bond acceptors (Lipinski definition) is 4. The van der Waals surface area contributed by atoms with E-state index in [2.05, 4.69) is 20.8 Å². The van der Waals surface area contributed by atoms with Crippen LogP contribution >= 0.6 is 0 Å². The molecule has 0 radical (unpaired) electrons. The molecule has 11 atom stereocenters. The molecule has 0 saturated heterocycles. The molecule has 6 heteroatoms. The Morgan fingerprint density at radius 1 is 0.946 bits per heavy atom. The van der Waals surface area contributed by atoms with Gasteiger partial charge in [-0.1, -0.05) is 39.7 Å². The van der Waals surface area contributed by atoms with Gasteiger partial charge < -0.3 is 15.3 Å². The monoisotopic (exact) mass is 518 g/mol. The van der Waals surface area contributed by atoms with Crippen LogP contribution in [-0.2, 0) is 4.79 Å². The molecule has 0 heterocycles. The van der Waals surface area contributed by atoms with Gasteiger partial charge in [-0.2, -0.15) is 0 Å². The Morgan fingerprint density at radius 3 is 2.30 bits per heavy atom. The van der Waals surface area contributed by atoms with E-state index in [9.17, 15) is 28.9 Å². The van der Waals surface area contributed by atoms with Gasteiger partial charge in [0.2, 0.25) is 0 Å². The van der Waals surface area contributed by atoms with Crippen LogP contribution in [0.4, 0.5) is 8.78 Å². The topological polar surface area (TPSA) is 77.8 Å². The minimum absolute atomic E-state index is 0.0468. The summed E-state index contributed by atoms with van der Waals surface area (Å²) < 4.78 is 28.1. The molecule has 2 unspecified atom stereocenters. The highest BCUT2D eigenvalue weighted by Gasteiger charge is 2.64. The molecule has 4 saturated carbocycles. The zero-order valence-electron chi connectivity index (χ0n) is 22.5. The van der Waals surface area contributed by atoms with E-state index < -0.39 is 29.9 Å². The summed E-state index contributed by atoms with van der Waals surface area (Å²) in [7, 11) is 0. The van der Waals surface area contributed by atoms with Crippen molar-refractivity contribution in [1.29, 1.82) is 0 Å². The normalized spacial score (nSPS) is 43.0. The fourth-order valence-electron chi connectivity index (χ4n) is 9.75. The van der Waals surface area contributed by atoms with E-state index in [1.807, 2.05) is 0 Å². The maximum absolute atomic E-state index is 14.1. The summed E-state index contributed by atoms with van der Waals surface area (Å²) in [6.45, 7) is 6.91. The van der Waals surface area contributed by atoms with Gasteiger partial charge in [-0.05, 0) is 97.5 Å². The van der Waals surface area contributed by atoms with Crippen LogP contribution in [0, 0.1) is 58.0 Å². The van der Waals surface area contributed by atoms with Crippen LogP contribution in [0.15, 0.2) is 18.2 Å². The van der Waals surface area contributed by atoms with Crippen LogP contribution < -0.4 is 0 Å². The van der Waals surface area contributed by atoms with Gasteiger partial charge in [0.1, 0.15) is 17.4 Å². The van der Waals surface area contributed by atoms with E-state index in [0.717, 1.165) is 38.5 Å². The highest BCUT2D eigenvalue weighted by atomic mass is 19.1. The van der Waals surface area contributed by atoms with Gasteiger partial charge in [0.25, 0.3) is 0 Å². The fourth-order valence-corrected chi connectivity index (χ4v) is 9.75. The smallest absolute Gasteiger partial charge is 0.136 e. The Labute approximate surface area is 219 Å². The first-order chi connectivity index (χ1) is 17.5. The first-order valence-electron chi connectivity index (χ1n) is 14.5. The van der Waals surface area contributed by atoms with Crippen molar-refractivity contribution in [2.75, 3.05) is 0 Å². The zero-order chi connectivity index (χ0) is 26.7. The molecule has 3 N–H and O–H groups in total. The first kappa shape index (κ1) is 27.2. The molecule has 4 fully saturated rings. The summed E-state index contributed by atoms with van der Waals surface area (Å²) in [5.74, 6) is 0.315. The molecule has 1 aromatic carbocycles. The lowest BCUT2D eigenvalue weighted by atomic mass is 9.43. The molecule has 206 valence electrons. The summed E-state index contributed by atoms with van der Waals surface area (Å²) >= 11 is 0. The van der Waals surface area contributed by atoms with E-state index in [1.165, 1.54) is 18.2 Å². The molecule has 0 amide bonds. The van der Waals surface area contributed by atoms with Crippen molar-refractivity contribution in [3.8, 4) is 0 Å². The van der Waals surface area contributed by atoms with Gasteiger partial charge >= 0.3 is 0 Å². The van der Waals surface area contributed by atoms with Crippen molar-refractivity contribution in [2.24, 2.45) is 46.3 Å². The molecule has 1 aromatic rings. The number of hydrogen-bond donors (Lipinski definition) is 3. The van der Waals surface area contributed by atoms with E-state index >= 15 is 0 Å². The molecular formula is C31H44F2O4. The molecule has 4 aliphatic carbocycles. The number of ketones is 1. The van der Waals surface area contributed by atoms with Crippen molar-refractivity contribution < 1.29 is 28.9 Å². The molecular weight excluding hydrogens is 474 g/mol. The van der Waals surface area contributed by atoms with Gasteiger partial charge in [0.15, 0.2) is 0 Å². The lowest BCUT2D eigenvalue weighted by Crippen LogP contribution is -2.61. The molecule has 37 heavy (non-hydrogen) atoms. The summed E-state index contributed by atoms with van der Waals surface area (Å²) in [6.07, 6.45) is 5.30. The Morgan fingerprint density at radius 2 is 1.59 bits per heavy atom. The van der Waals surface area contributed by atoms with Crippen molar-refractivity contribution in [3.63, 3.8) is 0 Å². The summed E-state index contributed by atoms with van der Waals surface area (Å²) in [5, 5.41) is 31.5. The number of Topliss-reactive ketones (excluding diaryl/α,β-unsaturated/α-hetero) is 1. The quantitative estimate of drug-likeness (QED) is 0.433. The summed E-state index contributed by atoms with van der Waals surface area (Å²) in [6, 6.07) is 3.68. The SMILES string of the molecule is CC(CCCC(O)c1c(F)cccc1F)[C@H]1CC[C@H]2[C@@H]3C(=O)C[C@H]4[C@@H](O)[C@@H](O)CC[C@]4(C)[C@H]3CC[C@]12C. The third kappa shape index (κ3) is 4.39. The van der Waals surface area contributed by atoms with E-state index in [0.29, 0.717) is 49.2 Å². The first-order valence-corrected chi connectivity index (χ1v) is 14.5. The van der Waals surface area contributed by atoms with Crippen LogP contribution in [-0.4, -0.2) is 33.3 Å². The third-order valence-electron chi connectivity index (χ3n) is 11.8. The Balaban J connectivity index is 1.25. The number of halogens is 2. The van der Waals surface area contributed by atoms with E-state index in [4.69, 9.17) is 0 Å². The number of fused-ring (bicyclic) bond motifs is 5. The van der Waals surface area contributed by atoms with Crippen molar-refractivity contribution in [1.82, 2.24) is 0 Å². The molecule has 4 aliphatic rings. The lowest BCUT2D eigenvalue weighted by molar-refractivity contribution is -0.182. The number of carbonyl (C=O) groups excluding carboxylic acids is 1. The van der Waals surface area contributed by atoms with E-state index in [-0.39, 0.29) is 34.1 Å². The average Bonchev–Trinajstić information content (AvgIpc) is 3.20. The second kappa shape index (κ2) is 9.98. The molecule has 0 spiro atoms. The Hall–Kier alpha value is -1.37. The van der Waals surface area contributed by atoms with Crippen LogP contribution in [0.2, 0.25) is 0 Å². The van der Waals surface area contributed by atoms with Crippen molar-refractivity contribution in [3.05, 3.63) is 35.4 Å². The molecule has 4 nitrogen and oxygen atoms in total. The maximum atomic E-state index is 14.1. The lowest BCUT2D eigenvalue weighted by Gasteiger charge is -2.61. The van der Waals surface area contributed by atoms with Gasteiger partial charge in [0, 0.05) is 12.3 Å². The van der Waals surface area contributed by atoms with Crippen LogP contribution in [0.25, 0.3) is 0 Å². The minimum atomic E-state index is -1.14. The highest BCUT2D eigenvalue weighted by Crippen LogP contribution is 2.67. The van der Waals surface area contributed by atoms with E-state index in [1.54, 1.807) is 0 Å². The van der Waals surface area contributed by atoms with Gasteiger partial charge in [0.05, 0.1) is 23.9 Å². The molecule has 5 rings (SSSR count). The summed E-state index contributed by atoms with van der Waals surface area (Å²) in [5.41, 5.74) is -0.243. The minimum Gasteiger partial charge on any atom is -0.390 e. The number of aliphatic hydroxyl groups excluding tert-OH is 3. The standard InChI is InChI=1S/C31H44F2O4/c1-17(6-4-9-24(34)28-22(32)7-5-8-23(28)33)18-10-11-19-27-20(12-14-30(18,19)2)31(3)15-13-25(35)29(37)21(31)16-26(27)36/h5,7-8,17-21,24-25,27,29,34-35,37H,4,6,9-16H2,1-3H3/t17?,18-,19+,20+,21+,24?,25+,27+,29-,30-,31-/m1/s1. The number of carbonyl (C=O) groups is 1. The predicted octanol–water partition coefficient (Wildman–Crippen LogP) is 5.97. The molecule has 0 aliphatic heterocycles. The number of aliphatic hydroxyl groups is 3. The van der Waals surface area contributed by atoms with Crippen LogP contribution in [0.5, 0.6) is 0 Å². The van der Waals surface area contributed by atoms with Crippen LogP contribution in [0.1, 0.15) is 96.6 Å². The zero-order valence-corrected chi connectivity index (χ0v) is 22.5. The summed E-state index contributed by atoms with van der Waals surface area (Å²) in [4.78, 5) is 13.6. The highest BCUT2D eigenvalue weighted by molar-refractivity contribution is 5.83. The average molecular weight is 519 g/mol. The van der Waals surface area contributed by atoms with Crippen molar-refractivity contribution in [2.45, 2.75) is 103 Å². The Bertz CT molecular complexity index is 995. The third-order valence-corrected chi connectivity index (χ3v) is 11.8. The fraction of sp³-hybridized carbons (Fsp3) is 0.774. The largest absolute Gasteiger partial charge is 0.390 e. The number of benzene rings is 1. The second-order valence-corrected chi connectivity index (χ2v) is 13.4.